The second kappa shape index (κ2) is 5.16. The number of nitrogens with one attached hydrogen (secondary N) is 1. The van der Waals surface area contributed by atoms with E-state index in [-0.39, 0.29) is 17.5 Å². The molecule has 20 heavy (non-hydrogen) atoms. The molecule has 1 aromatic rings. The minimum Gasteiger partial charge on any atom is -0.340 e. The number of piperazine rings is 1. The summed E-state index contributed by atoms with van der Waals surface area (Å²) in [6, 6.07) is 3.66. The maximum absolute atomic E-state index is 14.1. The summed E-state index contributed by atoms with van der Waals surface area (Å²) >= 11 is 3.26. The summed E-state index contributed by atoms with van der Waals surface area (Å²) in [6.45, 7) is 5.02. The Morgan fingerprint density at radius 1 is 1.40 bits per heavy atom. The van der Waals surface area contributed by atoms with Crippen LogP contribution in [0.15, 0.2) is 22.7 Å². The van der Waals surface area contributed by atoms with Crippen molar-refractivity contribution in [3.05, 3.63) is 28.5 Å². The Labute approximate surface area is 125 Å². The quantitative estimate of drug-likeness (QED) is 0.898. The number of halogens is 2. The largest absolute Gasteiger partial charge is 0.340 e. The molecule has 1 aromatic carbocycles. The molecule has 108 valence electrons. The van der Waals surface area contributed by atoms with Crippen LogP contribution in [0.25, 0.3) is 0 Å². The van der Waals surface area contributed by atoms with Gasteiger partial charge in [-0.2, -0.15) is 0 Å². The summed E-state index contributed by atoms with van der Waals surface area (Å²) in [5.74, 6) is -1.11. The fourth-order valence-electron chi connectivity index (χ4n) is 2.32. The monoisotopic (exact) mass is 342 g/mol. The molecule has 0 bridgehead atoms. The van der Waals surface area contributed by atoms with Gasteiger partial charge in [0.2, 0.25) is 5.91 Å². The lowest BCUT2D eigenvalue weighted by molar-refractivity contribution is -0.137. The van der Waals surface area contributed by atoms with Crippen LogP contribution in [0.2, 0.25) is 0 Å². The summed E-state index contributed by atoms with van der Waals surface area (Å²) in [7, 11) is 0. The van der Waals surface area contributed by atoms with Crippen LogP contribution in [0.4, 0.5) is 10.1 Å². The molecule has 1 heterocycles. The number of anilines is 1. The molecule has 0 aliphatic carbocycles. The Morgan fingerprint density at radius 3 is 2.65 bits per heavy atom. The second-order valence-electron chi connectivity index (χ2n) is 5.31. The van der Waals surface area contributed by atoms with E-state index < -0.39 is 17.4 Å². The van der Waals surface area contributed by atoms with E-state index in [1.54, 1.807) is 26.8 Å². The van der Waals surface area contributed by atoms with Gasteiger partial charge in [-0.05, 0) is 38.5 Å². The van der Waals surface area contributed by atoms with Crippen LogP contribution in [0, 0.1) is 5.82 Å². The second-order valence-corrected chi connectivity index (χ2v) is 6.22. The standard InChI is InChI=1S/C14H16BrFN2O2/c1-4-10-12(19)17-14(2,3)13(20)18(10)11-7-8(15)5-6-9(11)16/h5-7,10H,4H2,1-3H3,(H,17,19). The van der Waals surface area contributed by atoms with Crippen LogP contribution in [0.3, 0.4) is 0 Å². The van der Waals surface area contributed by atoms with E-state index in [0.29, 0.717) is 10.9 Å². The zero-order valence-electron chi connectivity index (χ0n) is 11.5. The Balaban J connectivity index is 2.57. The van der Waals surface area contributed by atoms with Crippen LogP contribution in [-0.4, -0.2) is 23.4 Å². The van der Waals surface area contributed by atoms with Gasteiger partial charge in [0.1, 0.15) is 17.4 Å². The number of amides is 2. The van der Waals surface area contributed by atoms with Crippen molar-refractivity contribution in [3.63, 3.8) is 0 Å². The van der Waals surface area contributed by atoms with E-state index in [4.69, 9.17) is 0 Å². The minimum atomic E-state index is -1.04. The molecule has 2 amide bonds. The fraction of sp³-hybridized carbons (Fsp3) is 0.429. The molecule has 1 fully saturated rings. The highest BCUT2D eigenvalue weighted by molar-refractivity contribution is 9.10. The summed E-state index contributed by atoms with van der Waals surface area (Å²) in [5.41, 5.74) is -0.920. The van der Waals surface area contributed by atoms with Crippen molar-refractivity contribution in [2.45, 2.75) is 38.8 Å². The lowest BCUT2D eigenvalue weighted by Gasteiger charge is -2.42. The van der Waals surface area contributed by atoms with Crippen LogP contribution in [0.1, 0.15) is 27.2 Å². The van der Waals surface area contributed by atoms with E-state index in [9.17, 15) is 14.0 Å². The topological polar surface area (TPSA) is 49.4 Å². The average molecular weight is 343 g/mol. The number of rotatable bonds is 2. The maximum Gasteiger partial charge on any atom is 0.252 e. The predicted octanol–water partition coefficient (Wildman–Crippen LogP) is 2.61. The number of carbonyl (C=O) groups is 2. The van der Waals surface area contributed by atoms with Crippen LogP contribution < -0.4 is 10.2 Å². The van der Waals surface area contributed by atoms with E-state index in [0.717, 1.165) is 0 Å². The van der Waals surface area contributed by atoms with Crippen molar-refractivity contribution in [1.82, 2.24) is 5.32 Å². The minimum absolute atomic E-state index is 0.124. The molecule has 0 spiro atoms. The summed E-state index contributed by atoms with van der Waals surface area (Å²) in [4.78, 5) is 25.9. The molecular formula is C14H16BrFN2O2. The van der Waals surface area contributed by atoms with Crippen molar-refractivity contribution in [2.24, 2.45) is 0 Å². The molecule has 1 unspecified atom stereocenters. The highest BCUT2D eigenvalue weighted by Crippen LogP contribution is 2.31. The normalized spacial score (nSPS) is 21.9. The molecule has 1 N–H and O–H groups in total. The molecule has 0 aromatic heterocycles. The van der Waals surface area contributed by atoms with Crippen molar-refractivity contribution < 1.29 is 14.0 Å². The molecule has 2 rings (SSSR count). The first-order valence-electron chi connectivity index (χ1n) is 6.38. The van der Waals surface area contributed by atoms with Gasteiger partial charge in [-0.3, -0.25) is 14.5 Å². The third-order valence-corrected chi connectivity index (χ3v) is 3.85. The van der Waals surface area contributed by atoms with Crippen molar-refractivity contribution in [3.8, 4) is 0 Å². The average Bonchev–Trinajstić information content (AvgIpc) is 2.36. The number of hydrogen-bond donors (Lipinski definition) is 1. The highest BCUT2D eigenvalue weighted by atomic mass is 79.9. The molecule has 4 nitrogen and oxygen atoms in total. The van der Waals surface area contributed by atoms with Gasteiger partial charge >= 0.3 is 0 Å². The lowest BCUT2D eigenvalue weighted by atomic mass is 9.95. The molecule has 1 aliphatic rings. The molecule has 0 saturated carbocycles. The molecule has 1 atom stereocenters. The van der Waals surface area contributed by atoms with Gasteiger partial charge in [-0.15, -0.1) is 0 Å². The van der Waals surface area contributed by atoms with Crippen LogP contribution >= 0.6 is 15.9 Å². The Morgan fingerprint density at radius 2 is 2.05 bits per heavy atom. The summed E-state index contributed by atoms with van der Waals surface area (Å²) < 4.78 is 14.7. The lowest BCUT2D eigenvalue weighted by Crippen LogP contribution is -2.68. The maximum atomic E-state index is 14.1. The Hall–Kier alpha value is -1.43. The third-order valence-electron chi connectivity index (χ3n) is 3.36. The van der Waals surface area contributed by atoms with Gasteiger partial charge in [0.05, 0.1) is 5.69 Å². The first kappa shape index (κ1) is 15.0. The Bertz CT molecular complexity index is 574. The van der Waals surface area contributed by atoms with Crippen molar-refractivity contribution in [2.75, 3.05) is 4.90 Å². The van der Waals surface area contributed by atoms with Gasteiger partial charge in [-0.1, -0.05) is 22.9 Å². The third kappa shape index (κ3) is 2.44. The van der Waals surface area contributed by atoms with Gasteiger partial charge in [0.25, 0.3) is 5.91 Å². The van der Waals surface area contributed by atoms with Crippen molar-refractivity contribution in [1.29, 1.82) is 0 Å². The molecule has 0 radical (unpaired) electrons. The van der Waals surface area contributed by atoms with Gasteiger partial charge in [0, 0.05) is 4.47 Å². The Kier molecular flexibility index (Phi) is 3.86. The number of benzene rings is 1. The molecule has 6 heteroatoms. The van der Waals surface area contributed by atoms with Crippen LogP contribution in [-0.2, 0) is 9.59 Å². The number of carbonyl (C=O) groups excluding carboxylic acids is 2. The van der Waals surface area contributed by atoms with Crippen LogP contribution in [0.5, 0.6) is 0 Å². The molecule has 1 saturated heterocycles. The first-order chi connectivity index (χ1) is 9.27. The first-order valence-corrected chi connectivity index (χ1v) is 7.18. The van der Waals surface area contributed by atoms with Gasteiger partial charge in [0.15, 0.2) is 0 Å². The molecule has 1 aliphatic heterocycles. The van der Waals surface area contributed by atoms with E-state index in [2.05, 4.69) is 21.2 Å². The molecular weight excluding hydrogens is 327 g/mol. The summed E-state index contributed by atoms with van der Waals surface area (Å²) in [6.07, 6.45) is 0.416. The smallest absolute Gasteiger partial charge is 0.252 e. The van der Waals surface area contributed by atoms with E-state index in [1.165, 1.54) is 17.0 Å². The van der Waals surface area contributed by atoms with Gasteiger partial charge in [-0.25, -0.2) is 4.39 Å². The zero-order valence-corrected chi connectivity index (χ0v) is 13.1. The predicted molar refractivity (Wildman–Crippen MR) is 77.9 cm³/mol. The number of nitrogens with zero attached hydrogens (tertiary/aromatic N) is 1. The van der Waals surface area contributed by atoms with E-state index in [1.807, 2.05) is 0 Å². The van der Waals surface area contributed by atoms with Crippen molar-refractivity contribution >= 4 is 33.4 Å². The number of hydrogen-bond acceptors (Lipinski definition) is 2. The van der Waals surface area contributed by atoms with E-state index >= 15 is 0 Å². The SMILES string of the molecule is CCC1C(=O)NC(C)(C)C(=O)N1c1cc(Br)ccc1F. The van der Waals surface area contributed by atoms with Gasteiger partial charge < -0.3 is 5.32 Å². The fourth-order valence-corrected chi connectivity index (χ4v) is 2.67. The summed E-state index contributed by atoms with van der Waals surface area (Å²) in [5, 5.41) is 2.68. The highest BCUT2D eigenvalue weighted by Gasteiger charge is 2.45. The zero-order chi connectivity index (χ0) is 15.1.